The van der Waals surface area contributed by atoms with Gasteiger partial charge in [0.1, 0.15) is 0 Å². The molecule has 2 N–H and O–H groups in total. The van der Waals surface area contributed by atoms with E-state index in [1.807, 2.05) is 30.3 Å². The topological polar surface area (TPSA) is 41.1 Å². The Morgan fingerprint density at radius 2 is 2.07 bits per heavy atom. The van der Waals surface area contributed by atoms with Gasteiger partial charge < -0.3 is 10.6 Å². The third-order valence-corrected chi connectivity index (χ3v) is 1.88. The Kier molecular flexibility index (Phi) is 5.19. The van der Waals surface area contributed by atoms with Gasteiger partial charge >= 0.3 is 0 Å². The molecule has 15 heavy (non-hydrogen) atoms. The minimum absolute atomic E-state index is 0.0257. The van der Waals surface area contributed by atoms with Crippen LogP contribution >= 0.6 is 0 Å². The van der Waals surface area contributed by atoms with Crippen molar-refractivity contribution in [2.24, 2.45) is 0 Å². The zero-order chi connectivity index (χ0) is 10.9. The molecule has 0 fully saturated rings. The molecular formula is C12H16N2O. The minimum Gasteiger partial charge on any atom is -0.326 e. The molecule has 3 heteroatoms. The number of amides is 1. The summed E-state index contributed by atoms with van der Waals surface area (Å²) in [7, 11) is 0. The maximum atomic E-state index is 11.4. The van der Waals surface area contributed by atoms with Crippen molar-refractivity contribution in [2.75, 3.05) is 18.4 Å². The zero-order valence-electron chi connectivity index (χ0n) is 8.70. The fourth-order valence-electron chi connectivity index (χ4n) is 1.15. The maximum Gasteiger partial charge on any atom is 0.225 e. The van der Waals surface area contributed by atoms with Crippen molar-refractivity contribution in [3.63, 3.8) is 0 Å². The summed E-state index contributed by atoms with van der Waals surface area (Å²) in [5, 5.41) is 5.89. The van der Waals surface area contributed by atoms with E-state index in [2.05, 4.69) is 17.2 Å². The van der Waals surface area contributed by atoms with Crippen molar-refractivity contribution < 1.29 is 4.79 Å². The summed E-state index contributed by atoms with van der Waals surface area (Å²) in [6.45, 7) is 4.99. The van der Waals surface area contributed by atoms with Crippen molar-refractivity contribution in [3.8, 4) is 0 Å². The number of anilines is 1. The van der Waals surface area contributed by atoms with E-state index in [0.29, 0.717) is 13.0 Å². The molecular weight excluding hydrogens is 188 g/mol. The van der Waals surface area contributed by atoms with Gasteiger partial charge in [0.2, 0.25) is 5.91 Å². The predicted molar refractivity (Wildman–Crippen MR) is 62.8 cm³/mol. The van der Waals surface area contributed by atoms with Crippen LogP contribution in [-0.4, -0.2) is 19.0 Å². The summed E-state index contributed by atoms with van der Waals surface area (Å²) in [4.78, 5) is 11.4. The smallest absolute Gasteiger partial charge is 0.225 e. The number of carbonyl (C=O) groups is 1. The SMILES string of the molecule is C=CCNCCC(=O)Nc1ccccc1. The molecule has 1 aromatic rings. The number of rotatable bonds is 6. The molecule has 0 radical (unpaired) electrons. The van der Waals surface area contributed by atoms with Crippen molar-refractivity contribution in [2.45, 2.75) is 6.42 Å². The molecule has 0 unspecified atom stereocenters. The van der Waals surface area contributed by atoms with Crippen LogP contribution in [0.15, 0.2) is 43.0 Å². The van der Waals surface area contributed by atoms with Crippen LogP contribution in [-0.2, 0) is 4.79 Å². The normalized spacial score (nSPS) is 9.60. The molecule has 0 bridgehead atoms. The van der Waals surface area contributed by atoms with E-state index in [-0.39, 0.29) is 5.91 Å². The number of benzene rings is 1. The molecule has 1 aromatic carbocycles. The van der Waals surface area contributed by atoms with Crippen molar-refractivity contribution >= 4 is 11.6 Å². The second-order valence-corrected chi connectivity index (χ2v) is 3.16. The molecule has 0 aliphatic rings. The Labute approximate surface area is 90.2 Å². The lowest BCUT2D eigenvalue weighted by molar-refractivity contribution is -0.116. The molecule has 0 spiro atoms. The van der Waals surface area contributed by atoms with Crippen molar-refractivity contribution in [3.05, 3.63) is 43.0 Å². The Balaban J connectivity index is 2.22. The Morgan fingerprint density at radius 1 is 1.33 bits per heavy atom. The fraction of sp³-hybridized carbons (Fsp3) is 0.250. The monoisotopic (exact) mass is 204 g/mol. The van der Waals surface area contributed by atoms with Gasteiger partial charge in [0.05, 0.1) is 0 Å². The van der Waals surface area contributed by atoms with Crippen LogP contribution in [0, 0.1) is 0 Å². The molecule has 0 saturated carbocycles. The third-order valence-electron chi connectivity index (χ3n) is 1.88. The van der Waals surface area contributed by atoms with Gasteiger partial charge in [0.25, 0.3) is 0 Å². The number of carbonyl (C=O) groups excluding carboxylic acids is 1. The lowest BCUT2D eigenvalue weighted by atomic mass is 10.3. The first-order valence-corrected chi connectivity index (χ1v) is 4.99. The standard InChI is InChI=1S/C12H16N2O/c1-2-9-13-10-8-12(15)14-11-6-4-3-5-7-11/h2-7,13H,1,8-10H2,(H,14,15). The quantitative estimate of drug-likeness (QED) is 0.548. The van der Waals surface area contributed by atoms with Gasteiger partial charge in [-0.05, 0) is 12.1 Å². The van der Waals surface area contributed by atoms with Gasteiger partial charge in [0, 0.05) is 25.2 Å². The van der Waals surface area contributed by atoms with E-state index in [1.165, 1.54) is 0 Å². The number of hydrogen-bond donors (Lipinski definition) is 2. The Bertz CT molecular complexity index is 309. The average molecular weight is 204 g/mol. The van der Waals surface area contributed by atoms with E-state index in [9.17, 15) is 4.79 Å². The van der Waals surface area contributed by atoms with E-state index in [4.69, 9.17) is 0 Å². The summed E-state index contributed by atoms with van der Waals surface area (Å²) in [6, 6.07) is 9.45. The molecule has 0 heterocycles. The van der Waals surface area contributed by atoms with Crippen molar-refractivity contribution in [1.29, 1.82) is 0 Å². The van der Waals surface area contributed by atoms with Crippen LogP contribution in [0.5, 0.6) is 0 Å². The van der Waals surface area contributed by atoms with Crippen LogP contribution in [0.3, 0.4) is 0 Å². The van der Waals surface area contributed by atoms with E-state index in [0.717, 1.165) is 12.2 Å². The van der Waals surface area contributed by atoms with Gasteiger partial charge in [-0.15, -0.1) is 6.58 Å². The zero-order valence-corrected chi connectivity index (χ0v) is 8.70. The molecule has 0 saturated heterocycles. The van der Waals surface area contributed by atoms with E-state index >= 15 is 0 Å². The highest BCUT2D eigenvalue weighted by Gasteiger charge is 2.00. The third kappa shape index (κ3) is 4.98. The summed E-state index contributed by atoms with van der Waals surface area (Å²) in [5.41, 5.74) is 0.839. The highest BCUT2D eigenvalue weighted by Crippen LogP contribution is 2.04. The minimum atomic E-state index is 0.0257. The summed E-state index contributed by atoms with van der Waals surface area (Å²) in [5.74, 6) is 0.0257. The van der Waals surface area contributed by atoms with Gasteiger partial charge in [-0.1, -0.05) is 24.3 Å². The fourth-order valence-corrected chi connectivity index (χ4v) is 1.15. The molecule has 1 amide bonds. The maximum absolute atomic E-state index is 11.4. The van der Waals surface area contributed by atoms with Crippen LogP contribution in [0.4, 0.5) is 5.69 Å². The van der Waals surface area contributed by atoms with Gasteiger partial charge in [-0.2, -0.15) is 0 Å². The second kappa shape index (κ2) is 6.79. The van der Waals surface area contributed by atoms with Crippen LogP contribution in [0.1, 0.15) is 6.42 Å². The van der Waals surface area contributed by atoms with Gasteiger partial charge in [-0.3, -0.25) is 4.79 Å². The lowest BCUT2D eigenvalue weighted by Crippen LogP contribution is -2.21. The van der Waals surface area contributed by atoms with Gasteiger partial charge in [-0.25, -0.2) is 0 Å². The average Bonchev–Trinajstić information content (AvgIpc) is 2.26. The van der Waals surface area contributed by atoms with E-state index in [1.54, 1.807) is 6.08 Å². The second-order valence-electron chi connectivity index (χ2n) is 3.16. The first-order valence-electron chi connectivity index (χ1n) is 4.99. The van der Waals surface area contributed by atoms with Crippen LogP contribution < -0.4 is 10.6 Å². The highest BCUT2D eigenvalue weighted by molar-refractivity contribution is 5.90. The molecule has 1 rings (SSSR count). The summed E-state index contributed by atoms with van der Waals surface area (Å²) >= 11 is 0. The largest absolute Gasteiger partial charge is 0.326 e. The highest BCUT2D eigenvalue weighted by atomic mass is 16.1. The molecule has 0 aromatic heterocycles. The molecule has 3 nitrogen and oxygen atoms in total. The van der Waals surface area contributed by atoms with Gasteiger partial charge in [0.15, 0.2) is 0 Å². The van der Waals surface area contributed by atoms with Crippen molar-refractivity contribution in [1.82, 2.24) is 5.32 Å². The van der Waals surface area contributed by atoms with Crippen LogP contribution in [0.2, 0.25) is 0 Å². The predicted octanol–water partition coefficient (Wildman–Crippen LogP) is 1.79. The first-order chi connectivity index (χ1) is 7.33. The Hall–Kier alpha value is -1.61. The summed E-state index contributed by atoms with van der Waals surface area (Å²) < 4.78 is 0. The summed E-state index contributed by atoms with van der Waals surface area (Å²) in [6.07, 6.45) is 2.25. The van der Waals surface area contributed by atoms with E-state index < -0.39 is 0 Å². The molecule has 0 aliphatic carbocycles. The molecule has 0 aliphatic heterocycles. The lowest BCUT2D eigenvalue weighted by Gasteiger charge is -2.04. The number of nitrogens with one attached hydrogen (secondary N) is 2. The first kappa shape index (κ1) is 11.5. The van der Waals surface area contributed by atoms with Crippen LogP contribution in [0.25, 0.3) is 0 Å². The number of hydrogen-bond acceptors (Lipinski definition) is 2. The Morgan fingerprint density at radius 3 is 2.73 bits per heavy atom. The number of para-hydroxylation sites is 1. The molecule has 80 valence electrons. The molecule has 0 atom stereocenters.